The number of barbiturate groups is 1. The van der Waals surface area contributed by atoms with E-state index in [0.717, 1.165) is 31.6 Å². The number of halogens is 1. The Bertz CT molecular complexity index is 1350. The summed E-state index contributed by atoms with van der Waals surface area (Å²) in [6, 6.07) is 17.9. The zero-order valence-corrected chi connectivity index (χ0v) is 20.6. The van der Waals surface area contributed by atoms with Crippen molar-refractivity contribution in [2.75, 3.05) is 4.90 Å². The highest BCUT2D eigenvalue weighted by molar-refractivity contribution is 9.10. The van der Waals surface area contributed by atoms with E-state index in [-0.39, 0.29) is 5.57 Å². The number of nitrogens with zero attached hydrogens (tertiary/aromatic N) is 1. The number of amides is 4. The lowest BCUT2D eigenvalue weighted by atomic mass is 10.0. The van der Waals surface area contributed by atoms with Crippen molar-refractivity contribution in [2.24, 2.45) is 0 Å². The summed E-state index contributed by atoms with van der Waals surface area (Å²) < 4.78 is 6.78. The first-order valence-corrected chi connectivity index (χ1v) is 11.5. The summed E-state index contributed by atoms with van der Waals surface area (Å²) in [5.41, 5.74) is 4.66. The van der Waals surface area contributed by atoms with E-state index in [9.17, 15) is 14.4 Å². The van der Waals surface area contributed by atoms with Crippen molar-refractivity contribution in [3.05, 3.63) is 98.5 Å². The van der Waals surface area contributed by atoms with Crippen molar-refractivity contribution in [3.63, 3.8) is 0 Å². The van der Waals surface area contributed by atoms with Crippen molar-refractivity contribution in [2.45, 2.75) is 27.4 Å². The summed E-state index contributed by atoms with van der Waals surface area (Å²) in [5, 5.41) is 2.28. The van der Waals surface area contributed by atoms with Crippen molar-refractivity contribution in [3.8, 4) is 5.75 Å². The molecule has 1 heterocycles. The summed E-state index contributed by atoms with van der Waals surface area (Å²) in [6.45, 7) is 6.06. The molecule has 4 rings (SSSR count). The van der Waals surface area contributed by atoms with E-state index in [1.54, 1.807) is 24.3 Å². The van der Waals surface area contributed by atoms with Crippen LogP contribution in [0.1, 0.15) is 27.8 Å². The molecule has 34 heavy (non-hydrogen) atoms. The van der Waals surface area contributed by atoms with Crippen LogP contribution >= 0.6 is 15.9 Å². The third kappa shape index (κ3) is 4.79. The molecule has 4 amide bonds. The second-order valence-electron chi connectivity index (χ2n) is 8.14. The number of urea groups is 1. The van der Waals surface area contributed by atoms with E-state index in [1.165, 1.54) is 6.08 Å². The molecule has 3 aromatic carbocycles. The molecule has 1 aliphatic heterocycles. The molecule has 0 bridgehead atoms. The normalized spacial score (nSPS) is 15.0. The predicted octanol–water partition coefficient (Wildman–Crippen LogP) is 5.62. The largest absolute Gasteiger partial charge is 0.488 e. The average molecular weight is 519 g/mol. The van der Waals surface area contributed by atoms with Crippen LogP contribution in [-0.2, 0) is 16.2 Å². The van der Waals surface area contributed by atoms with Crippen LogP contribution in [0.5, 0.6) is 5.75 Å². The van der Waals surface area contributed by atoms with E-state index in [2.05, 4.69) is 21.2 Å². The molecule has 0 saturated carbocycles. The topological polar surface area (TPSA) is 75.7 Å². The molecular formula is C27H23BrN2O4. The van der Waals surface area contributed by atoms with Gasteiger partial charge in [0.25, 0.3) is 11.8 Å². The molecule has 3 aromatic rings. The van der Waals surface area contributed by atoms with Crippen molar-refractivity contribution in [1.82, 2.24) is 5.32 Å². The predicted molar refractivity (Wildman–Crippen MR) is 135 cm³/mol. The van der Waals surface area contributed by atoms with Gasteiger partial charge in [-0.05, 0) is 67.8 Å². The monoisotopic (exact) mass is 518 g/mol. The van der Waals surface area contributed by atoms with Crippen LogP contribution < -0.4 is 15.0 Å². The van der Waals surface area contributed by atoms with E-state index in [1.807, 2.05) is 57.2 Å². The highest BCUT2D eigenvalue weighted by Crippen LogP contribution is 2.30. The summed E-state index contributed by atoms with van der Waals surface area (Å²) in [7, 11) is 0. The number of imide groups is 2. The minimum Gasteiger partial charge on any atom is -0.488 e. The number of carbonyl (C=O) groups is 3. The Morgan fingerprint density at radius 3 is 2.50 bits per heavy atom. The zero-order chi connectivity index (χ0) is 24.4. The summed E-state index contributed by atoms with van der Waals surface area (Å²) in [6.07, 6.45) is 1.46. The molecule has 0 aromatic heterocycles. The highest BCUT2D eigenvalue weighted by Gasteiger charge is 2.37. The van der Waals surface area contributed by atoms with Crippen LogP contribution in [0.3, 0.4) is 0 Å². The Labute approximate surface area is 206 Å². The van der Waals surface area contributed by atoms with Gasteiger partial charge in [0.05, 0.1) is 5.69 Å². The van der Waals surface area contributed by atoms with Crippen LogP contribution in [0.25, 0.3) is 6.08 Å². The van der Waals surface area contributed by atoms with Crippen molar-refractivity contribution < 1.29 is 19.1 Å². The van der Waals surface area contributed by atoms with E-state index in [0.29, 0.717) is 23.6 Å². The third-order valence-electron chi connectivity index (χ3n) is 5.67. The van der Waals surface area contributed by atoms with Gasteiger partial charge < -0.3 is 4.74 Å². The van der Waals surface area contributed by atoms with Gasteiger partial charge in [-0.1, -0.05) is 57.9 Å². The zero-order valence-electron chi connectivity index (χ0n) is 19.0. The number of aryl methyl sites for hydroxylation is 2. The lowest BCUT2D eigenvalue weighted by Crippen LogP contribution is -2.54. The Balaban J connectivity index is 1.70. The van der Waals surface area contributed by atoms with E-state index < -0.39 is 17.8 Å². The van der Waals surface area contributed by atoms with Gasteiger partial charge in [-0.3, -0.25) is 14.9 Å². The third-order valence-corrected chi connectivity index (χ3v) is 6.16. The summed E-state index contributed by atoms with van der Waals surface area (Å²) in [4.78, 5) is 39.6. The second kappa shape index (κ2) is 9.65. The Hall–Kier alpha value is -3.71. The smallest absolute Gasteiger partial charge is 0.335 e. The fourth-order valence-corrected chi connectivity index (χ4v) is 4.11. The lowest BCUT2D eigenvalue weighted by molar-refractivity contribution is -0.122. The first-order chi connectivity index (χ1) is 16.2. The van der Waals surface area contributed by atoms with E-state index >= 15 is 0 Å². The maximum atomic E-state index is 13.4. The van der Waals surface area contributed by atoms with Gasteiger partial charge in [-0.2, -0.15) is 0 Å². The van der Waals surface area contributed by atoms with Gasteiger partial charge in [-0.25, -0.2) is 9.69 Å². The van der Waals surface area contributed by atoms with Gasteiger partial charge in [0.15, 0.2) is 0 Å². The molecule has 1 N–H and O–H groups in total. The number of anilines is 1. The van der Waals surface area contributed by atoms with Gasteiger partial charge in [-0.15, -0.1) is 0 Å². The Morgan fingerprint density at radius 1 is 0.971 bits per heavy atom. The molecule has 0 unspecified atom stereocenters. The van der Waals surface area contributed by atoms with Crippen LogP contribution in [-0.4, -0.2) is 17.8 Å². The number of hydrogen-bond donors (Lipinski definition) is 1. The average Bonchev–Trinajstić information content (AvgIpc) is 2.79. The Morgan fingerprint density at radius 2 is 1.74 bits per heavy atom. The molecule has 0 aliphatic carbocycles. The van der Waals surface area contributed by atoms with Gasteiger partial charge in [0.2, 0.25) is 0 Å². The number of carbonyl (C=O) groups excluding carboxylic acids is 3. The fourth-order valence-electron chi connectivity index (χ4n) is 3.74. The van der Waals surface area contributed by atoms with Crippen LogP contribution in [0.4, 0.5) is 10.5 Å². The molecule has 0 spiro atoms. The first-order valence-electron chi connectivity index (χ1n) is 10.7. The minimum atomic E-state index is -0.772. The molecule has 0 radical (unpaired) electrons. The van der Waals surface area contributed by atoms with Gasteiger partial charge in [0.1, 0.15) is 17.9 Å². The maximum Gasteiger partial charge on any atom is 0.335 e. The fraction of sp³-hybridized carbons (Fsp3) is 0.148. The minimum absolute atomic E-state index is 0.154. The van der Waals surface area contributed by atoms with Crippen molar-refractivity contribution >= 4 is 45.5 Å². The molecule has 7 heteroatoms. The standard InChI is InChI=1S/C27H23BrN2O4/c1-16-6-4-8-19(12-16)15-34-24-11-10-21(28)13-20(24)14-22-25(31)29-27(33)30(26(22)32)23-9-5-7-17(2)18(23)3/h4-14H,15H2,1-3H3,(H,29,31,33)/b22-14+. The maximum absolute atomic E-state index is 13.4. The molecule has 6 nitrogen and oxygen atoms in total. The van der Waals surface area contributed by atoms with Gasteiger partial charge in [0, 0.05) is 10.0 Å². The summed E-state index contributed by atoms with van der Waals surface area (Å²) in [5.74, 6) is -0.929. The van der Waals surface area contributed by atoms with Crippen molar-refractivity contribution in [1.29, 1.82) is 0 Å². The molecule has 172 valence electrons. The summed E-state index contributed by atoms with van der Waals surface area (Å²) >= 11 is 3.44. The molecular weight excluding hydrogens is 496 g/mol. The number of hydrogen-bond acceptors (Lipinski definition) is 4. The molecule has 1 aliphatic rings. The first kappa shape index (κ1) is 23.4. The quantitative estimate of drug-likeness (QED) is 0.351. The molecule has 0 atom stereocenters. The number of rotatable bonds is 5. The van der Waals surface area contributed by atoms with Crippen LogP contribution in [0.2, 0.25) is 0 Å². The number of benzene rings is 3. The van der Waals surface area contributed by atoms with E-state index in [4.69, 9.17) is 4.74 Å². The van der Waals surface area contributed by atoms with Gasteiger partial charge >= 0.3 is 6.03 Å². The molecule has 1 saturated heterocycles. The SMILES string of the molecule is Cc1cccc(COc2ccc(Br)cc2/C=C2\C(=O)NC(=O)N(c3cccc(C)c3C)C2=O)c1. The highest BCUT2D eigenvalue weighted by atomic mass is 79.9. The lowest BCUT2D eigenvalue weighted by Gasteiger charge is -2.28. The molecule has 1 fully saturated rings. The van der Waals surface area contributed by atoms with Crippen LogP contribution in [0.15, 0.2) is 70.7 Å². The Kier molecular flexibility index (Phi) is 6.65. The van der Waals surface area contributed by atoms with Crippen LogP contribution in [0, 0.1) is 20.8 Å². The second-order valence-corrected chi connectivity index (χ2v) is 9.05. The number of ether oxygens (including phenoxy) is 1. The number of nitrogens with one attached hydrogen (secondary N) is 1.